The summed E-state index contributed by atoms with van der Waals surface area (Å²) in [5, 5.41) is 18.8. The smallest absolute Gasteiger partial charge is 0.163 e. The van der Waals surface area contributed by atoms with Crippen molar-refractivity contribution >= 4 is 0 Å². The third-order valence-electron chi connectivity index (χ3n) is 3.17. The van der Waals surface area contributed by atoms with Crippen LogP contribution in [0.3, 0.4) is 0 Å². The summed E-state index contributed by atoms with van der Waals surface area (Å²) in [5.41, 5.74) is 4.08. The van der Waals surface area contributed by atoms with Gasteiger partial charge in [0.15, 0.2) is 11.5 Å². The van der Waals surface area contributed by atoms with Gasteiger partial charge >= 0.3 is 0 Å². The van der Waals surface area contributed by atoms with Gasteiger partial charge in [0, 0.05) is 6.61 Å². The first-order valence-electron chi connectivity index (χ1n) is 5.51. The highest BCUT2D eigenvalue weighted by atomic mass is 16.5. The monoisotopic (exact) mass is 224 g/mol. The molecule has 90 valence electrons. The van der Waals surface area contributed by atoms with E-state index in [4.69, 9.17) is 9.84 Å². The number of benzene rings is 1. The lowest BCUT2D eigenvalue weighted by molar-refractivity contribution is 0.288. The zero-order valence-corrected chi connectivity index (χ0v) is 10.4. The van der Waals surface area contributed by atoms with Crippen LogP contribution in [0.15, 0.2) is 0 Å². The highest BCUT2D eigenvalue weighted by molar-refractivity contribution is 5.58. The quantitative estimate of drug-likeness (QED) is 0.824. The summed E-state index contributed by atoms with van der Waals surface area (Å²) in [6, 6.07) is 0. The van der Waals surface area contributed by atoms with E-state index in [9.17, 15) is 5.11 Å². The van der Waals surface area contributed by atoms with Crippen LogP contribution in [0.4, 0.5) is 0 Å². The Morgan fingerprint density at radius 1 is 1.06 bits per heavy atom. The predicted molar refractivity (Wildman–Crippen MR) is 64.3 cm³/mol. The van der Waals surface area contributed by atoms with E-state index in [1.807, 2.05) is 20.8 Å². The lowest BCUT2D eigenvalue weighted by Crippen LogP contribution is -2.02. The average Bonchev–Trinajstić information content (AvgIpc) is 2.27. The summed E-state index contributed by atoms with van der Waals surface area (Å²) in [4.78, 5) is 0. The van der Waals surface area contributed by atoms with Crippen LogP contribution in [0.1, 0.15) is 28.7 Å². The molecule has 1 aromatic carbocycles. The minimum absolute atomic E-state index is 0.182. The van der Waals surface area contributed by atoms with Gasteiger partial charge in [0.05, 0.1) is 7.11 Å². The van der Waals surface area contributed by atoms with Gasteiger partial charge in [0.1, 0.15) is 0 Å². The van der Waals surface area contributed by atoms with E-state index < -0.39 is 0 Å². The zero-order valence-electron chi connectivity index (χ0n) is 10.4. The van der Waals surface area contributed by atoms with E-state index in [0.717, 1.165) is 29.5 Å². The van der Waals surface area contributed by atoms with Crippen molar-refractivity contribution in [3.8, 4) is 11.5 Å². The summed E-state index contributed by atoms with van der Waals surface area (Å²) in [6.07, 6.45) is 1.54. The largest absolute Gasteiger partial charge is 0.504 e. The van der Waals surface area contributed by atoms with Crippen LogP contribution in [0.2, 0.25) is 0 Å². The molecule has 1 aromatic rings. The standard InChI is InChI=1S/C13H20O3/c1-8-9(2)12(15)13(16-4)10(3)11(8)6-5-7-14/h14-15H,5-7H2,1-4H3. The molecule has 0 aliphatic rings. The SMILES string of the molecule is COc1c(C)c(CCCO)c(C)c(C)c1O. The van der Waals surface area contributed by atoms with Crippen LogP contribution < -0.4 is 4.74 Å². The predicted octanol–water partition coefficient (Wildman–Crippen LogP) is 2.25. The molecule has 1 rings (SSSR count). The molecule has 0 saturated heterocycles. The second-order valence-corrected chi connectivity index (χ2v) is 4.06. The minimum atomic E-state index is 0.182. The number of aromatic hydroxyl groups is 1. The molecule has 0 atom stereocenters. The van der Waals surface area contributed by atoms with Gasteiger partial charge in [-0.15, -0.1) is 0 Å². The Morgan fingerprint density at radius 2 is 1.69 bits per heavy atom. The Hall–Kier alpha value is -1.22. The Morgan fingerprint density at radius 3 is 2.19 bits per heavy atom. The molecule has 0 spiro atoms. The topological polar surface area (TPSA) is 49.7 Å². The molecule has 3 heteroatoms. The van der Waals surface area contributed by atoms with Crippen molar-refractivity contribution in [2.45, 2.75) is 33.6 Å². The number of ether oxygens (including phenoxy) is 1. The van der Waals surface area contributed by atoms with Crippen molar-refractivity contribution in [1.82, 2.24) is 0 Å². The molecule has 0 fully saturated rings. The number of phenols is 1. The normalized spacial score (nSPS) is 10.6. The van der Waals surface area contributed by atoms with Crippen LogP contribution in [-0.4, -0.2) is 23.9 Å². The van der Waals surface area contributed by atoms with Crippen molar-refractivity contribution in [3.63, 3.8) is 0 Å². The van der Waals surface area contributed by atoms with Gasteiger partial charge in [0.2, 0.25) is 0 Å². The van der Waals surface area contributed by atoms with Gasteiger partial charge < -0.3 is 14.9 Å². The highest BCUT2D eigenvalue weighted by Crippen LogP contribution is 2.38. The van der Waals surface area contributed by atoms with Crippen LogP contribution in [0.25, 0.3) is 0 Å². The molecule has 0 amide bonds. The van der Waals surface area contributed by atoms with Gasteiger partial charge in [-0.1, -0.05) is 0 Å². The molecular formula is C13H20O3. The average molecular weight is 224 g/mol. The molecule has 2 N–H and O–H groups in total. The molecule has 0 heterocycles. The lowest BCUT2D eigenvalue weighted by Gasteiger charge is -2.18. The molecule has 0 aromatic heterocycles. The molecule has 3 nitrogen and oxygen atoms in total. The fraction of sp³-hybridized carbons (Fsp3) is 0.538. The first-order chi connectivity index (χ1) is 7.54. The Balaban J connectivity index is 3.31. The molecule has 16 heavy (non-hydrogen) atoms. The van der Waals surface area contributed by atoms with Crippen molar-refractivity contribution in [2.75, 3.05) is 13.7 Å². The number of methoxy groups -OCH3 is 1. The molecule has 0 saturated carbocycles. The van der Waals surface area contributed by atoms with Crippen molar-refractivity contribution in [3.05, 3.63) is 22.3 Å². The number of hydrogen-bond acceptors (Lipinski definition) is 3. The van der Waals surface area contributed by atoms with Crippen LogP contribution >= 0.6 is 0 Å². The Bertz CT molecular complexity index is 383. The van der Waals surface area contributed by atoms with E-state index in [-0.39, 0.29) is 12.4 Å². The van der Waals surface area contributed by atoms with Crippen LogP contribution in [0.5, 0.6) is 11.5 Å². The maximum Gasteiger partial charge on any atom is 0.163 e. The van der Waals surface area contributed by atoms with Crippen molar-refractivity contribution in [2.24, 2.45) is 0 Å². The highest BCUT2D eigenvalue weighted by Gasteiger charge is 2.16. The molecular weight excluding hydrogens is 204 g/mol. The number of hydrogen-bond donors (Lipinski definition) is 2. The molecule has 0 radical (unpaired) electrons. The van der Waals surface area contributed by atoms with E-state index in [1.165, 1.54) is 5.56 Å². The lowest BCUT2D eigenvalue weighted by atomic mass is 9.93. The van der Waals surface area contributed by atoms with Crippen molar-refractivity contribution < 1.29 is 14.9 Å². The summed E-state index contributed by atoms with van der Waals surface area (Å²) < 4.78 is 5.22. The van der Waals surface area contributed by atoms with E-state index in [0.29, 0.717) is 5.75 Å². The van der Waals surface area contributed by atoms with Crippen LogP contribution in [0, 0.1) is 20.8 Å². The molecule has 0 unspecified atom stereocenters. The molecule has 0 aliphatic heterocycles. The summed E-state index contributed by atoms with van der Waals surface area (Å²) in [6.45, 7) is 6.00. The van der Waals surface area contributed by atoms with Gasteiger partial charge in [-0.05, 0) is 55.9 Å². The van der Waals surface area contributed by atoms with Gasteiger partial charge in [0.25, 0.3) is 0 Å². The summed E-state index contributed by atoms with van der Waals surface area (Å²) in [7, 11) is 1.56. The number of aliphatic hydroxyl groups is 1. The second-order valence-electron chi connectivity index (χ2n) is 4.06. The summed E-state index contributed by atoms with van der Waals surface area (Å²) in [5.74, 6) is 0.779. The fourth-order valence-electron chi connectivity index (χ4n) is 2.05. The maximum atomic E-state index is 9.93. The van der Waals surface area contributed by atoms with Crippen LogP contribution in [-0.2, 0) is 6.42 Å². The molecule has 0 bridgehead atoms. The number of aliphatic hydroxyl groups excluding tert-OH is 1. The first kappa shape index (κ1) is 12.8. The van der Waals surface area contributed by atoms with E-state index >= 15 is 0 Å². The Kier molecular flexibility index (Phi) is 4.19. The van der Waals surface area contributed by atoms with E-state index in [1.54, 1.807) is 7.11 Å². The third kappa shape index (κ3) is 2.14. The second kappa shape index (κ2) is 5.21. The maximum absolute atomic E-state index is 9.93. The van der Waals surface area contributed by atoms with Gasteiger partial charge in [-0.25, -0.2) is 0 Å². The summed E-state index contributed by atoms with van der Waals surface area (Å²) >= 11 is 0. The van der Waals surface area contributed by atoms with Crippen molar-refractivity contribution in [1.29, 1.82) is 0 Å². The third-order valence-corrected chi connectivity index (χ3v) is 3.17. The van der Waals surface area contributed by atoms with Gasteiger partial charge in [-0.2, -0.15) is 0 Å². The molecule has 0 aliphatic carbocycles. The number of phenolic OH excluding ortho intramolecular Hbond substituents is 1. The van der Waals surface area contributed by atoms with E-state index in [2.05, 4.69) is 0 Å². The first-order valence-corrected chi connectivity index (χ1v) is 5.51. The van der Waals surface area contributed by atoms with Gasteiger partial charge in [-0.3, -0.25) is 0 Å². The number of rotatable bonds is 4. The zero-order chi connectivity index (χ0) is 12.3. The fourth-order valence-corrected chi connectivity index (χ4v) is 2.05. The minimum Gasteiger partial charge on any atom is -0.504 e. The Labute approximate surface area is 96.7 Å².